The van der Waals surface area contributed by atoms with Gasteiger partial charge in [0, 0.05) is 18.9 Å². The van der Waals surface area contributed by atoms with Crippen molar-refractivity contribution in [3.8, 4) is 0 Å². The first-order valence-electron chi connectivity index (χ1n) is 6.73. The Morgan fingerprint density at radius 1 is 1.37 bits per heavy atom. The van der Waals surface area contributed by atoms with Crippen LogP contribution in [0.3, 0.4) is 0 Å². The highest BCUT2D eigenvalue weighted by atomic mass is 16.3. The van der Waals surface area contributed by atoms with Crippen molar-refractivity contribution in [2.75, 3.05) is 17.6 Å². The van der Waals surface area contributed by atoms with Crippen LogP contribution in [0.2, 0.25) is 0 Å². The van der Waals surface area contributed by atoms with Crippen LogP contribution in [0.25, 0.3) is 5.65 Å². The zero-order valence-electron chi connectivity index (χ0n) is 10.8. The van der Waals surface area contributed by atoms with E-state index in [1.807, 2.05) is 10.6 Å². The molecule has 102 valence electrons. The molecule has 4 N–H and O–H groups in total. The van der Waals surface area contributed by atoms with E-state index in [-0.39, 0.29) is 6.10 Å². The van der Waals surface area contributed by atoms with Crippen molar-refractivity contribution in [2.45, 2.75) is 31.8 Å². The molecule has 0 unspecified atom stereocenters. The highest BCUT2D eigenvalue weighted by molar-refractivity contribution is 5.64. The fraction of sp³-hybridized carbons (Fsp3) is 0.538. The third-order valence-electron chi connectivity index (χ3n) is 3.77. The number of imidazole rings is 1. The van der Waals surface area contributed by atoms with E-state index in [0.717, 1.165) is 43.7 Å². The maximum atomic E-state index is 9.50. The minimum absolute atomic E-state index is 0.110. The van der Waals surface area contributed by atoms with E-state index in [2.05, 4.69) is 15.3 Å². The van der Waals surface area contributed by atoms with Gasteiger partial charge in [-0.15, -0.1) is 0 Å². The minimum Gasteiger partial charge on any atom is -0.393 e. The average Bonchev–Trinajstić information content (AvgIpc) is 2.85. The number of rotatable bonds is 3. The van der Waals surface area contributed by atoms with Crippen LogP contribution in [-0.2, 0) is 0 Å². The van der Waals surface area contributed by atoms with Gasteiger partial charge in [-0.2, -0.15) is 0 Å². The molecule has 2 aromatic heterocycles. The first-order chi connectivity index (χ1) is 9.22. The molecular formula is C13H19N5O. The third-order valence-corrected chi connectivity index (χ3v) is 3.77. The predicted octanol–water partition coefficient (Wildman–Crippen LogP) is 1.27. The molecule has 6 heteroatoms. The van der Waals surface area contributed by atoms with Crippen LogP contribution in [-0.4, -0.2) is 32.1 Å². The number of nitrogens with two attached hydrogens (primary N) is 1. The van der Waals surface area contributed by atoms with E-state index < -0.39 is 0 Å². The molecule has 0 bridgehead atoms. The summed E-state index contributed by atoms with van der Waals surface area (Å²) < 4.78 is 1.87. The minimum atomic E-state index is -0.110. The Labute approximate surface area is 111 Å². The molecule has 6 nitrogen and oxygen atoms in total. The van der Waals surface area contributed by atoms with Crippen molar-refractivity contribution in [2.24, 2.45) is 5.92 Å². The number of fused-ring (bicyclic) bond motifs is 1. The molecule has 2 heterocycles. The Kier molecular flexibility index (Phi) is 3.25. The molecule has 0 saturated heterocycles. The van der Waals surface area contributed by atoms with Gasteiger partial charge in [0.2, 0.25) is 0 Å². The summed E-state index contributed by atoms with van der Waals surface area (Å²) in [6, 6.07) is 0. The van der Waals surface area contributed by atoms with Gasteiger partial charge in [-0.1, -0.05) is 0 Å². The normalized spacial score (nSPS) is 23.6. The van der Waals surface area contributed by atoms with Crippen LogP contribution in [0.5, 0.6) is 0 Å². The summed E-state index contributed by atoms with van der Waals surface area (Å²) in [5.41, 5.74) is 6.57. The maximum Gasteiger partial charge on any atom is 0.180 e. The van der Waals surface area contributed by atoms with Crippen molar-refractivity contribution >= 4 is 17.3 Å². The second-order valence-electron chi connectivity index (χ2n) is 5.23. The van der Waals surface area contributed by atoms with Gasteiger partial charge in [0.15, 0.2) is 11.5 Å². The monoisotopic (exact) mass is 261 g/mol. The lowest BCUT2D eigenvalue weighted by molar-refractivity contribution is 0.111. The van der Waals surface area contributed by atoms with Crippen LogP contribution in [0, 0.1) is 5.92 Å². The van der Waals surface area contributed by atoms with E-state index in [0.29, 0.717) is 11.7 Å². The first kappa shape index (κ1) is 12.2. The second kappa shape index (κ2) is 5.05. The number of aliphatic hydroxyl groups is 1. The maximum absolute atomic E-state index is 9.50. The van der Waals surface area contributed by atoms with Crippen LogP contribution < -0.4 is 11.1 Å². The summed E-state index contributed by atoms with van der Waals surface area (Å²) in [5, 5.41) is 12.8. The van der Waals surface area contributed by atoms with Crippen LogP contribution >= 0.6 is 0 Å². The molecule has 0 amide bonds. The quantitative estimate of drug-likeness (QED) is 0.774. The first-order valence-corrected chi connectivity index (χ1v) is 6.73. The van der Waals surface area contributed by atoms with Gasteiger partial charge < -0.3 is 20.6 Å². The van der Waals surface area contributed by atoms with Crippen molar-refractivity contribution in [3.63, 3.8) is 0 Å². The van der Waals surface area contributed by atoms with Gasteiger partial charge in [-0.05, 0) is 31.6 Å². The van der Waals surface area contributed by atoms with Crippen molar-refractivity contribution in [1.82, 2.24) is 14.4 Å². The highest BCUT2D eigenvalue weighted by Crippen LogP contribution is 2.25. The largest absolute Gasteiger partial charge is 0.393 e. The molecule has 2 aromatic rings. The molecule has 1 aliphatic rings. The van der Waals surface area contributed by atoms with Crippen molar-refractivity contribution < 1.29 is 5.11 Å². The van der Waals surface area contributed by atoms with Gasteiger partial charge in [0.1, 0.15) is 5.82 Å². The predicted molar refractivity (Wildman–Crippen MR) is 73.9 cm³/mol. The van der Waals surface area contributed by atoms with Crippen LogP contribution in [0.4, 0.5) is 11.6 Å². The third kappa shape index (κ3) is 2.63. The van der Waals surface area contributed by atoms with Crippen molar-refractivity contribution in [1.29, 1.82) is 0 Å². The summed E-state index contributed by atoms with van der Waals surface area (Å²) in [5.74, 6) is 1.80. The van der Waals surface area contributed by atoms with E-state index in [9.17, 15) is 5.11 Å². The van der Waals surface area contributed by atoms with Gasteiger partial charge in [0.05, 0.1) is 12.3 Å². The molecule has 1 fully saturated rings. The lowest BCUT2D eigenvalue weighted by Gasteiger charge is -2.25. The van der Waals surface area contributed by atoms with Gasteiger partial charge in [0.25, 0.3) is 0 Å². The smallest absolute Gasteiger partial charge is 0.180 e. The lowest BCUT2D eigenvalue weighted by atomic mass is 9.87. The average molecular weight is 261 g/mol. The number of aromatic nitrogens is 3. The zero-order valence-corrected chi connectivity index (χ0v) is 10.8. The molecule has 0 atom stereocenters. The van der Waals surface area contributed by atoms with E-state index >= 15 is 0 Å². The van der Waals surface area contributed by atoms with E-state index in [4.69, 9.17) is 5.73 Å². The number of nitrogen functional groups attached to an aromatic ring is 1. The molecule has 1 aliphatic carbocycles. The van der Waals surface area contributed by atoms with E-state index in [1.54, 1.807) is 12.4 Å². The second-order valence-corrected chi connectivity index (χ2v) is 5.23. The number of nitrogens with zero attached hydrogens (tertiary/aromatic N) is 3. The molecule has 0 spiro atoms. The number of aliphatic hydroxyl groups excluding tert-OH is 1. The molecule has 0 radical (unpaired) electrons. The standard InChI is InChI=1S/C13H19N5O/c14-11-8-18-6-5-15-13(18)12(17-11)16-7-9-1-3-10(19)4-2-9/h5-6,8-10,19H,1-4,7,14H2,(H,16,17). The summed E-state index contributed by atoms with van der Waals surface area (Å²) in [6.07, 6.45) is 9.15. The van der Waals surface area contributed by atoms with Gasteiger partial charge in [-0.25, -0.2) is 9.97 Å². The summed E-state index contributed by atoms with van der Waals surface area (Å²) in [4.78, 5) is 8.58. The molecule has 3 rings (SSSR count). The summed E-state index contributed by atoms with van der Waals surface area (Å²) in [6.45, 7) is 0.853. The SMILES string of the molecule is Nc1cn2ccnc2c(NCC2CCC(O)CC2)n1. The number of hydrogen-bond donors (Lipinski definition) is 3. The molecule has 0 aliphatic heterocycles. The van der Waals surface area contributed by atoms with Crippen LogP contribution in [0.15, 0.2) is 18.6 Å². The molecular weight excluding hydrogens is 242 g/mol. The number of anilines is 2. The Morgan fingerprint density at radius 2 is 2.16 bits per heavy atom. The summed E-state index contributed by atoms with van der Waals surface area (Å²) in [7, 11) is 0. The van der Waals surface area contributed by atoms with Gasteiger partial charge in [-0.3, -0.25) is 0 Å². The van der Waals surface area contributed by atoms with E-state index in [1.165, 1.54) is 0 Å². The molecule has 1 saturated carbocycles. The highest BCUT2D eigenvalue weighted by Gasteiger charge is 2.19. The topological polar surface area (TPSA) is 88.5 Å². The van der Waals surface area contributed by atoms with Crippen LogP contribution in [0.1, 0.15) is 25.7 Å². The summed E-state index contributed by atoms with van der Waals surface area (Å²) >= 11 is 0. The number of hydrogen-bond acceptors (Lipinski definition) is 5. The zero-order chi connectivity index (χ0) is 13.2. The fourth-order valence-corrected chi connectivity index (χ4v) is 2.66. The Balaban J connectivity index is 1.69. The number of nitrogens with one attached hydrogen (secondary N) is 1. The fourth-order valence-electron chi connectivity index (χ4n) is 2.66. The van der Waals surface area contributed by atoms with Crippen molar-refractivity contribution in [3.05, 3.63) is 18.6 Å². The molecule has 0 aromatic carbocycles. The Morgan fingerprint density at radius 3 is 2.95 bits per heavy atom. The molecule has 19 heavy (non-hydrogen) atoms. The Hall–Kier alpha value is -1.82. The Bertz CT molecular complexity index is 559. The lowest BCUT2D eigenvalue weighted by Crippen LogP contribution is -2.24. The van der Waals surface area contributed by atoms with Gasteiger partial charge >= 0.3 is 0 Å².